The highest BCUT2D eigenvalue weighted by atomic mass is 16.5. The van der Waals surface area contributed by atoms with E-state index in [-0.39, 0.29) is 0 Å². The summed E-state index contributed by atoms with van der Waals surface area (Å²) in [5.74, 6) is 0.932. The molecule has 0 bridgehead atoms. The highest BCUT2D eigenvalue weighted by Crippen LogP contribution is 2.31. The topological polar surface area (TPSA) is 71.1 Å². The van der Waals surface area contributed by atoms with Gasteiger partial charge in [-0.25, -0.2) is 0 Å². The van der Waals surface area contributed by atoms with E-state index in [0.717, 1.165) is 19.8 Å². The Kier molecular flexibility index (Phi) is 3.43. The maximum atomic E-state index is 8.58. The monoisotopic (exact) mass is 213 g/mol. The molecule has 1 saturated carbocycles. The van der Waals surface area contributed by atoms with Crippen LogP contribution in [0.1, 0.15) is 19.3 Å². The Hall–Kier alpha value is -0.810. The zero-order valence-electron chi connectivity index (χ0n) is 8.93. The van der Waals surface area contributed by atoms with Crippen LogP contribution in [0.2, 0.25) is 0 Å². The molecule has 3 N–H and O–H groups in total. The van der Waals surface area contributed by atoms with Gasteiger partial charge >= 0.3 is 0 Å². The standard InChI is InChI=1S/C10H19N3O2/c11-10(12-14)6-13-4-5-15-7-8-2-1-3-9(8)13/h8-9,14H,1-7H2,(H2,11,12). The largest absolute Gasteiger partial charge is 0.409 e. The Morgan fingerprint density at radius 2 is 2.40 bits per heavy atom. The first-order valence-corrected chi connectivity index (χ1v) is 5.59. The van der Waals surface area contributed by atoms with Gasteiger partial charge in [-0.3, -0.25) is 4.90 Å². The molecule has 5 heteroatoms. The fourth-order valence-electron chi connectivity index (χ4n) is 2.71. The predicted octanol–water partition coefficient (Wildman–Crippen LogP) is 0.234. The quantitative estimate of drug-likeness (QED) is 0.298. The SMILES string of the molecule is N/C(CN1CCOCC2CCCC21)=N\O. The minimum Gasteiger partial charge on any atom is -0.409 e. The first-order valence-electron chi connectivity index (χ1n) is 5.59. The molecule has 5 nitrogen and oxygen atoms in total. The third-order valence-electron chi connectivity index (χ3n) is 3.44. The van der Waals surface area contributed by atoms with E-state index >= 15 is 0 Å². The summed E-state index contributed by atoms with van der Waals surface area (Å²) in [6.07, 6.45) is 3.73. The molecule has 2 unspecified atom stereocenters. The van der Waals surface area contributed by atoms with Crippen molar-refractivity contribution in [2.45, 2.75) is 25.3 Å². The number of oxime groups is 1. The van der Waals surface area contributed by atoms with Crippen LogP contribution in [0.3, 0.4) is 0 Å². The molecule has 0 aromatic heterocycles. The molecule has 2 fully saturated rings. The molecule has 1 heterocycles. The maximum Gasteiger partial charge on any atom is 0.153 e. The van der Waals surface area contributed by atoms with Crippen LogP contribution >= 0.6 is 0 Å². The van der Waals surface area contributed by atoms with Gasteiger partial charge in [0.2, 0.25) is 0 Å². The predicted molar refractivity (Wildman–Crippen MR) is 56.9 cm³/mol. The maximum absolute atomic E-state index is 8.58. The summed E-state index contributed by atoms with van der Waals surface area (Å²) < 4.78 is 5.57. The summed E-state index contributed by atoms with van der Waals surface area (Å²) in [5.41, 5.74) is 5.56. The third-order valence-corrected chi connectivity index (χ3v) is 3.44. The van der Waals surface area contributed by atoms with Gasteiger partial charge in [0, 0.05) is 12.6 Å². The molecular weight excluding hydrogens is 194 g/mol. The van der Waals surface area contributed by atoms with Crippen LogP contribution in [0.4, 0.5) is 0 Å². The van der Waals surface area contributed by atoms with Crippen LogP contribution in [0, 0.1) is 5.92 Å². The number of fused-ring (bicyclic) bond motifs is 1. The van der Waals surface area contributed by atoms with E-state index in [0.29, 0.717) is 24.3 Å². The fraction of sp³-hybridized carbons (Fsp3) is 0.900. The fourth-order valence-corrected chi connectivity index (χ4v) is 2.71. The van der Waals surface area contributed by atoms with Crippen molar-refractivity contribution in [3.05, 3.63) is 0 Å². The van der Waals surface area contributed by atoms with E-state index in [1.54, 1.807) is 0 Å². The summed E-state index contributed by atoms with van der Waals surface area (Å²) in [6, 6.07) is 0.563. The smallest absolute Gasteiger partial charge is 0.153 e. The van der Waals surface area contributed by atoms with E-state index in [1.807, 2.05) is 0 Å². The molecule has 0 aromatic rings. The lowest BCUT2D eigenvalue weighted by Crippen LogP contribution is -2.43. The number of amidine groups is 1. The number of nitrogens with zero attached hydrogens (tertiary/aromatic N) is 2. The summed E-state index contributed by atoms with van der Waals surface area (Å²) in [6.45, 7) is 3.07. The summed E-state index contributed by atoms with van der Waals surface area (Å²) >= 11 is 0. The minimum atomic E-state index is 0.294. The van der Waals surface area contributed by atoms with E-state index in [2.05, 4.69) is 10.1 Å². The van der Waals surface area contributed by atoms with Crippen molar-refractivity contribution < 1.29 is 9.94 Å². The zero-order valence-corrected chi connectivity index (χ0v) is 8.93. The van der Waals surface area contributed by atoms with Crippen molar-refractivity contribution >= 4 is 5.84 Å². The molecule has 1 aliphatic heterocycles. The number of hydrogen-bond donors (Lipinski definition) is 2. The van der Waals surface area contributed by atoms with Gasteiger partial charge in [0.05, 0.1) is 19.8 Å². The molecule has 0 radical (unpaired) electrons. The molecule has 0 aromatic carbocycles. The van der Waals surface area contributed by atoms with Gasteiger partial charge in [-0.1, -0.05) is 11.6 Å². The Labute approximate surface area is 89.9 Å². The molecule has 0 amide bonds. The number of hydrogen-bond acceptors (Lipinski definition) is 4. The minimum absolute atomic E-state index is 0.294. The van der Waals surface area contributed by atoms with Gasteiger partial charge in [0.15, 0.2) is 5.84 Å². The van der Waals surface area contributed by atoms with Crippen molar-refractivity contribution in [1.82, 2.24) is 4.90 Å². The second-order valence-electron chi connectivity index (χ2n) is 4.40. The van der Waals surface area contributed by atoms with Gasteiger partial charge in [-0.15, -0.1) is 0 Å². The van der Waals surface area contributed by atoms with E-state index in [1.165, 1.54) is 19.3 Å². The molecule has 2 rings (SSSR count). The molecule has 86 valence electrons. The van der Waals surface area contributed by atoms with Crippen LogP contribution in [0.5, 0.6) is 0 Å². The van der Waals surface area contributed by atoms with Crippen molar-refractivity contribution in [3.8, 4) is 0 Å². The van der Waals surface area contributed by atoms with Gasteiger partial charge in [0.1, 0.15) is 0 Å². The van der Waals surface area contributed by atoms with Gasteiger partial charge in [-0.2, -0.15) is 0 Å². The lowest BCUT2D eigenvalue weighted by atomic mass is 10.0. The lowest BCUT2D eigenvalue weighted by molar-refractivity contribution is 0.120. The van der Waals surface area contributed by atoms with Crippen molar-refractivity contribution in [2.24, 2.45) is 16.8 Å². The first kappa shape index (κ1) is 10.7. The Morgan fingerprint density at radius 3 is 3.20 bits per heavy atom. The average Bonchev–Trinajstić information content (AvgIpc) is 2.63. The molecule has 1 aliphatic carbocycles. The second-order valence-corrected chi connectivity index (χ2v) is 4.40. The van der Waals surface area contributed by atoms with E-state index < -0.39 is 0 Å². The van der Waals surface area contributed by atoms with Gasteiger partial charge in [0.25, 0.3) is 0 Å². The molecule has 2 aliphatic rings. The van der Waals surface area contributed by atoms with Gasteiger partial charge < -0.3 is 15.7 Å². The van der Waals surface area contributed by atoms with Gasteiger partial charge in [-0.05, 0) is 18.8 Å². The Balaban J connectivity index is 2.01. The number of ether oxygens (including phenoxy) is 1. The van der Waals surface area contributed by atoms with Crippen LogP contribution in [-0.4, -0.2) is 48.3 Å². The molecule has 2 atom stereocenters. The molecule has 0 spiro atoms. The lowest BCUT2D eigenvalue weighted by Gasteiger charge is -2.28. The zero-order chi connectivity index (χ0) is 10.7. The van der Waals surface area contributed by atoms with Crippen LogP contribution < -0.4 is 5.73 Å². The highest BCUT2D eigenvalue weighted by molar-refractivity contribution is 5.81. The van der Waals surface area contributed by atoms with Crippen LogP contribution in [0.15, 0.2) is 5.16 Å². The first-order chi connectivity index (χ1) is 7.31. The van der Waals surface area contributed by atoms with Crippen molar-refractivity contribution in [1.29, 1.82) is 0 Å². The molecular formula is C10H19N3O2. The number of rotatable bonds is 2. The molecule has 15 heavy (non-hydrogen) atoms. The Bertz CT molecular complexity index is 245. The van der Waals surface area contributed by atoms with E-state index in [9.17, 15) is 0 Å². The summed E-state index contributed by atoms with van der Waals surface area (Å²) in [5, 5.41) is 11.6. The normalized spacial score (nSPS) is 33.7. The third kappa shape index (κ3) is 2.41. The summed E-state index contributed by atoms with van der Waals surface area (Å²) in [7, 11) is 0. The van der Waals surface area contributed by atoms with Crippen molar-refractivity contribution in [2.75, 3.05) is 26.3 Å². The van der Waals surface area contributed by atoms with Crippen LogP contribution in [-0.2, 0) is 4.74 Å². The molecule has 1 saturated heterocycles. The highest BCUT2D eigenvalue weighted by Gasteiger charge is 2.34. The average molecular weight is 213 g/mol. The second kappa shape index (κ2) is 4.81. The van der Waals surface area contributed by atoms with Crippen LogP contribution in [0.25, 0.3) is 0 Å². The Morgan fingerprint density at radius 1 is 1.53 bits per heavy atom. The van der Waals surface area contributed by atoms with Crippen molar-refractivity contribution in [3.63, 3.8) is 0 Å². The summed E-state index contributed by atoms with van der Waals surface area (Å²) in [4.78, 5) is 2.29. The number of nitrogens with two attached hydrogens (primary N) is 1. The van der Waals surface area contributed by atoms with E-state index in [4.69, 9.17) is 15.7 Å².